The van der Waals surface area contributed by atoms with Crippen LogP contribution in [-0.2, 0) is 17.9 Å². The molecule has 1 aliphatic rings. The molecule has 1 aromatic heterocycles. The molecule has 2 heterocycles. The summed E-state index contributed by atoms with van der Waals surface area (Å²) in [5, 5.41) is 2.86. The summed E-state index contributed by atoms with van der Waals surface area (Å²) in [7, 11) is 1.73. The lowest BCUT2D eigenvalue weighted by Gasteiger charge is -2.35. The number of para-hydroxylation sites is 1. The Bertz CT molecular complexity index is 1100. The van der Waals surface area contributed by atoms with Crippen LogP contribution in [0, 0.1) is 6.92 Å². The number of hydrogen-bond donors (Lipinski definition) is 1. The van der Waals surface area contributed by atoms with Crippen molar-refractivity contribution in [3.63, 3.8) is 0 Å². The number of nitrogens with one attached hydrogen (secondary N) is 1. The van der Waals surface area contributed by atoms with Crippen molar-refractivity contribution in [2.75, 3.05) is 44.7 Å². The number of benzene rings is 2. The normalized spacial score (nSPS) is 14.6. The number of aryl methyl sites for hydroxylation is 1. The fourth-order valence-electron chi connectivity index (χ4n) is 4.24. The summed E-state index contributed by atoms with van der Waals surface area (Å²) in [6.07, 6.45) is 1.57. The zero-order valence-electron chi connectivity index (χ0n) is 19.9. The standard InChI is InChI=1S/C27H32N4O3/c1-21-7-5-8-22(17-21)19-30-12-14-31(15-13-30)20-26(32)29(2)25-11-4-3-10-24(25)27(33)28-18-23-9-6-16-34-23/h3-11,16-17H,12-15,18-20H2,1-2H3,(H,28,33). The molecule has 7 heteroatoms. The predicted octanol–water partition coefficient (Wildman–Crippen LogP) is 3.30. The van der Waals surface area contributed by atoms with Gasteiger partial charge in [0, 0.05) is 39.8 Å². The van der Waals surface area contributed by atoms with Gasteiger partial charge < -0.3 is 14.6 Å². The van der Waals surface area contributed by atoms with E-state index in [1.165, 1.54) is 11.1 Å². The highest BCUT2D eigenvalue weighted by Gasteiger charge is 2.23. The molecule has 1 aliphatic heterocycles. The number of piperazine rings is 1. The third-order valence-corrected chi connectivity index (χ3v) is 6.20. The summed E-state index contributed by atoms with van der Waals surface area (Å²) in [6, 6.07) is 19.4. The second-order valence-corrected chi connectivity index (χ2v) is 8.77. The van der Waals surface area contributed by atoms with Crippen molar-refractivity contribution in [1.29, 1.82) is 0 Å². The van der Waals surface area contributed by atoms with Crippen LogP contribution in [0.15, 0.2) is 71.3 Å². The number of nitrogens with zero attached hydrogens (tertiary/aromatic N) is 3. The molecule has 7 nitrogen and oxygen atoms in total. The smallest absolute Gasteiger partial charge is 0.253 e. The zero-order valence-corrected chi connectivity index (χ0v) is 19.9. The van der Waals surface area contributed by atoms with Gasteiger partial charge in [-0.3, -0.25) is 19.4 Å². The van der Waals surface area contributed by atoms with Gasteiger partial charge in [0.2, 0.25) is 5.91 Å². The molecule has 0 aliphatic carbocycles. The highest BCUT2D eigenvalue weighted by atomic mass is 16.3. The Kier molecular flexibility index (Phi) is 7.77. The van der Waals surface area contributed by atoms with Crippen LogP contribution < -0.4 is 10.2 Å². The summed E-state index contributed by atoms with van der Waals surface area (Å²) < 4.78 is 5.28. The average molecular weight is 461 g/mol. The van der Waals surface area contributed by atoms with Crippen LogP contribution in [0.25, 0.3) is 0 Å². The largest absolute Gasteiger partial charge is 0.467 e. The van der Waals surface area contributed by atoms with Crippen molar-refractivity contribution in [3.8, 4) is 0 Å². The molecule has 0 atom stereocenters. The molecule has 178 valence electrons. The number of hydrogen-bond acceptors (Lipinski definition) is 5. The fourth-order valence-corrected chi connectivity index (χ4v) is 4.24. The van der Waals surface area contributed by atoms with Gasteiger partial charge in [-0.1, -0.05) is 42.0 Å². The predicted molar refractivity (Wildman–Crippen MR) is 133 cm³/mol. The third kappa shape index (κ3) is 6.12. The molecule has 0 saturated carbocycles. The van der Waals surface area contributed by atoms with Crippen molar-refractivity contribution < 1.29 is 14.0 Å². The molecule has 2 aromatic carbocycles. The number of amides is 2. The molecule has 34 heavy (non-hydrogen) atoms. The lowest BCUT2D eigenvalue weighted by atomic mass is 10.1. The van der Waals surface area contributed by atoms with Crippen molar-refractivity contribution >= 4 is 17.5 Å². The molecule has 1 N–H and O–H groups in total. The fraction of sp³-hybridized carbons (Fsp3) is 0.333. The van der Waals surface area contributed by atoms with E-state index in [1.807, 2.05) is 12.1 Å². The van der Waals surface area contributed by atoms with Crippen molar-refractivity contribution in [3.05, 3.63) is 89.4 Å². The summed E-state index contributed by atoms with van der Waals surface area (Å²) in [4.78, 5) is 32.0. The van der Waals surface area contributed by atoms with E-state index in [4.69, 9.17) is 4.42 Å². The van der Waals surface area contributed by atoms with Crippen LogP contribution in [0.3, 0.4) is 0 Å². The number of carbonyl (C=O) groups is 2. The first-order valence-electron chi connectivity index (χ1n) is 11.7. The second kappa shape index (κ2) is 11.1. The Hall–Kier alpha value is -3.42. The van der Waals surface area contributed by atoms with Crippen LogP contribution in [0.5, 0.6) is 0 Å². The molecule has 0 bridgehead atoms. The summed E-state index contributed by atoms with van der Waals surface area (Å²) >= 11 is 0. The average Bonchev–Trinajstić information content (AvgIpc) is 3.37. The van der Waals surface area contributed by atoms with E-state index in [0.717, 1.165) is 32.7 Å². The Balaban J connectivity index is 1.30. The van der Waals surface area contributed by atoms with E-state index in [9.17, 15) is 9.59 Å². The maximum atomic E-state index is 13.1. The van der Waals surface area contributed by atoms with E-state index < -0.39 is 0 Å². The first-order valence-corrected chi connectivity index (χ1v) is 11.7. The van der Waals surface area contributed by atoms with Gasteiger partial charge in [-0.05, 0) is 36.8 Å². The van der Waals surface area contributed by atoms with Gasteiger partial charge in [0.05, 0.1) is 30.6 Å². The molecule has 1 fully saturated rings. The van der Waals surface area contributed by atoms with E-state index >= 15 is 0 Å². The molecule has 0 unspecified atom stereocenters. The zero-order chi connectivity index (χ0) is 23.9. The minimum absolute atomic E-state index is 0.0292. The van der Waals surface area contributed by atoms with Gasteiger partial charge in [0.15, 0.2) is 0 Å². The number of carbonyl (C=O) groups excluding carboxylic acids is 2. The first kappa shape index (κ1) is 23.7. The van der Waals surface area contributed by atoms with Gasteiger partial charge in [-0.15, -0.1) is 0 Å². The lowest BCUT2D eigenvalue weighted by Crippen LogP contribution is -2.49. The van der Waals surface area contributed by atoms with E-state index in [1.54, 1.807) is 42.5 Å². The van der Waals surface area contributed by atoms with Gasteiger partial charge in [-0.25, -0.2) is 0 Å². The number of anilines is 1. The van der Waals surface area contributed by atoms with Gasteiger partial charge >= 0.3 is 0 Å². The molecule has 3 aromatic rings. The maximum absolute atomic E-state index is 13.1. The van der Waals surface area contributed by atoms with Crippen LogP contribution in [0.4, 0.5) is 5.69 Å². The minimum Gasteiger partial charge on any atom is -0.467 e. The minimum atomic E-state index is -0.239. The Morgan fingerprint density at radius 3 is 2.47 bits per heavy atom. The molecule has 4 rings (SSSR count). The molecule has 2 amide bonds. The molecule has 0 spiro atoms. The summed E-state index contributed by atoms with van der Waals surface area (Å²) in [5.74, 6) is 0.409. The van der Waals surface area contributed by atoms with Crippen molar-refractivity contribution in [1.82, 2.24) is 15.1 Å². The molecular formula is C27H32N4O3. The van der Waals surface area contributed by atoms with Crippen molar-refractivity contribution in [2.24, 2.45) is 0 Å². The van der Waals surface area contributed by atoms with Crippen molar-refractivity contribution in [2.45, 2.75) is 20.0 Å². The van der Waals surface area contributed by atoms with E-state index in [-0.39, 0.29) is 11.8 Å². The summed E-state index contributed by atoms with van der Waals surface area (Å²) in [6.45, 7) is 7.22. The molecule has 1 saturated heterocycles. The Morgan fingerprint density at radius 2 is 1.74 bits per heavy atom. The number of likely N-dealkylation sites (N-methyl/N-ethyl adjacent to an activating group) is 1. The monoisotopic (exact) mass is 460 g/mol. The quantitative estimate of drug-likeness (QED) is 0.559. The third-order valence-electron chi connectivity index (χ3n) is 6.20. The Morgan fingerprint density at radius 1 is 0.971 bits per heavy atom. The van der Waals surface area contributed by atoms with Crippen LogP contribution in [0.2, 0.25) is 0 Å². The van der Waals surface area contributed by atoms with E-state index in [0.29, 0.717) is 30.1 Å². The van der Waals surface area contributed by atoms with Crippen LogP contribution in [0.1, 0.15) is 27.2 Å². The molecular weight excluding hydrogens is 428 g/mol. The first-order chi connectivity index (χ1) is 16.5. The maximum Gasteiger partial charge on any atom is 0.253 e. The highest BCUT2D eigenvalue weighted by molar-refractivity contribution is 6.04. The SMILES string of the molecule is Cc1cccc(CN2CCN(CC(=O)N(C)c3ccccc3C(=O)NCc3ccco3)CC2)c1. The van der Waals surface area contributed by atoms with Gasteiger partial charge in [-0.2, -0.15) is 0 Å². The lowest BCUT2D eigenvalue weighted by molar-refractivity contribution is -0.119. The Labute approximate surface area is 201 Å². The second-order valence-electron chi connectivity index (χ2n) is 8.77. The summed E-state index contributed by atoms with van der Waals surface area (Å²) in [5.41, 5.74) is 3.67. The van der Waals surface area contributed by atoms with Crippen LogP contribution in [-0.4, -0.2) is 61.4 Å². The van der Waals surface area contributed by atoms with Gasteiger partial charge in [0.1, 0.15) is 5.76 Å². The number of furan rings is 1. The van der Waals surface area contributed by atoms with E-state index in [2.05, 4.69) is 46.3 Å². The topological polar surface area (TPSA) is 69.0 Å². The number of rotatable bonds is 8. The highest BCUT2D eigenvalue weighted by Crippen LogP contribution is 2.20. The van der Waals surface area contributed by atoms with Crippen LogP contribution >= 0.6 is 0 Å². The van der Waals surface area contributed by atoms with Gasteiger partial charge in [0.25, 0.3) is 5.91 Å². The molecule has 0 radical (unpaired) electrons.